The summed E-state index contributed by atoms with van der Waals surface area (Å²) in [6.07, 6.45) is 4.40. The molecule has 0 radical (unpaired) electrons. The average molecular weight is 397 g/mol. The molecule has 4 nitrogen and oxygen atoms in total. The number of halogens is 2. The number of piperidine rings is 1. The van der Waals surface area contributed by atoms with Crippen LogP contribution in [-0.2, 0) is 4.79 Å². The highest BCUT2D eigenvalue weighted by Crippen LogP contribution is 2.34. The van der Waals surface area contributed by atoms with E-state index in [2.05, 4.69) is 37.2 Å². The third kappa shape index (κ3) is 3.61. The molecule has 0 aliphatic carbocycles. The Bertz CT molecular complexity index is 737. The highest BCUT2D eigenvalue weighted by molar-refractivity contribution is 9.10. The minimum Gasteiger partial charge on any atom is -0.369 e. The molecule has 2 heterocycles. The predicted molar refractivity (Wildman–Crippen MR) is 98.1 cm³/mol. The van der Waals surface area contributed by atoms with Gasteiger partial charge in [-0.15, -0.1) is 0 Å². The summed E-state index contributed by atoms with van der Waals surface area (Å²) in [7, 11) is 0. The number of carbonyl (C=O) groups excluding carboxylic acids is 1. The lowest BCUT2D eigenvalue weighted by molar-refractivity contribution is -0.121. The van der Waals surface area contributed by atoms with Crippen LogP contribution >= 0.6 is 27.5 Å². The van der Waals surface area contributed by atoms with E-state index in [1.54, 1.807) is 6.20 Å². The van der Waals surface area contributed by atoms with E-state index in [0.717, 1.165) is 47.0 Å². The molecule has 6 heteroatoms. The Morgan fingerprint density at radius 2 is 2.35 bits per heavy atom. The minimum atomic E-state index is 0.113. The first kappa shape index (κ1) is 16.5. The number of nitrogens with one attached hydrogen (secondary N) is 1. The van der Waals surface area contributed by atoms with Crippen molar-refractivity contribution in [3.8, 4) is 0 Å². The number of pyridine rings is 1. The van der Waals surface area contributed by atoms with E-state index in [9.17, 15) is 4.79 Å². The zero-order valence-electron chi connectivity index (χ0n) is 13.0. The molecule has 1 unspecified atom stereocenters. The van der Waals surface area contributed by atoms with Crippen molar-refractivity contribution >= 4 is 50.0 Å². The fourth-order valence-corrected chi connectivity index (χ4v) is 3.94. The number of fused-ring (bicyclic) bond motifs is 1. The Morgan fingerprint density at radius 1 is 1.52 bits per heavy atom. The lowest BCUT2D eigenvalue weighted by Crippen LogP contribution is -2.47. The van der Waals surface area contributed by atoms with Gasteiger partial charge in [-0.25, -0.2) is 0 Å². The summed E-state index contributed by atoms with van der Waals surface area (Å²) >= 11 is 9.83. The fraction of sp³-hybridized carbons (Fsp3) is 0.412. The number of hydrogen-bond donors (Lipinski definition) is 1. The number of amides is 1. The molecule has 1 N–H and O–H groups in total. The molecular weight excluding hydrogens is 378 g/mol. The molecule has 1 aromatic heterocycles. The zero-order valence-corrected chi connectivity index (χ0v) is 15.3. The third-order valence-corrected chi connectivity index (χ3v) is 4.93. The van der Waals surface area contributed by atoms with Gasteiger partial charge in [0.15, 0.2) is 0 Å². The summed E-state index contributed by atoms with van der Waals surface area (Å²) < 4.78 is 0.942. The van der Waals surface area contributed by atoms with E-state index in [1.807, 2.05) is 19.1 Å². The maximum absolute atomic E-state index is 11.7. The normalized spacial score (nSPS) is 18.2. The lowest BCUT2D eigenvalue weighted by Gasteiger charge is -2.35. The van der Waals surface area contributed by atoms with E-state index >= 15 is 0 Å². The molecular formula is C17H19BrClN3O. The highest BCUT2D eigenvalue weighted by atomic mass is 79.9. The van der Waals surface area contributed by atoms with E-state index in [0.29, 0.717) is 11.4 Å². The number of nitrogens with zero attached hydrogens (tertiary/aromatic N) is 2. The van der Waals surface area contributed by atoms with Crippen LogP contribution in [0.2, 0.25) is 5.02 Å². The maximum atomic E-state index is 11.7. The molecule has 0 saturated carbocycles. The van der Waals surface area contributed by atoms with Gasteiger partial charge in [0, 0.05) is 47.3 Å². The molecule has 0 bridgehead atoms. The van der Waals surface area contributed by atoms with Crippen LogP contribution in [0, 0.1) is 0 Å². The number of rotatable bonds is 3. The Labute approximate surface area is 149 Å². The molecule has 0 spiro atoms. The van der Waals surface area contributed by atoms with Gasteiger partial charge in [-0.3, -0.25) is 9.78 Å². The quantitative estimate of drug-likeness (QED) is 0.848. The Kier molecular flexibility index (Phi) is 5.07. The standard InChI is InChI=1S/C17H19BrClN3O/c1-2-16(23)21-12-4-3-7-22(10-12)15-5-6-20-17-13(15)8-11(18)9-14(17)19/h5-6,8-9,12H,2-4,7,10H2,1H3,(H,21,23). The summed E-state index contributed by atoms with van der Waals surface area (Å²) in [5.74, 6) is 0.113. The number of anilines is 1. The van der Waals surface area contributed by atoms with Gasteiger partial charge in [0.25, 0.3) is 0 Å². The van der Waals surface area contributed by atoms with Gasteiger partial charge in [0.05, 0.1) is 10.5 Å². The molecule has 1 saturated heterocycles. The molecule has 1 amide bonds. The molecule has 1 aromatic carbocycles. The van der Waals surface area contributed by atoms with Gasteiger partial charge in [-0.2, -0.15) is 0 Å². The SMILES string of the molecule is CCC(=O)NC1CCCN(c2ccnc3c(Cl)cc(Br)cc23)C1. The topological polar surface area (TPSA) is 45.2 Å². The van der Waals surface area contributed by atoms with E-state index in [4.69, 9.17) is 11.6 Å². The molecule has 1 aliphatic heterocycles. The summed E-state index contributed by atoms with van der Waals surface area (Å²) in [5.41, 5.74) is 1.93. The zero-order chi connectivity index (χ0) is 16.4. The monoisotopic (exact) mass is 395 g/mol. The third-order valence-electron chi connectivity index (χ3n) is 4.19. The smallest absolute Gasteiger partial charge is 0.219 e. The van der Waals surface area contributed by atoms with Crippen LogP contribution in [0.1, 0.15) is 26.2 Å². The number of hydrogen-bond acceptors (Lipinski definition) is 3. The van der Waals surface area contributed by atoms with Crippen LogP contribution in [0.5, 0.6) is 0 Å². The Morgan fingerprint density at radius 3 is 3.13 bits per heavy atom. The first-order valence-electron chi connectivity index (χ1n) is 7.86. The van der Waals surface area contributed by atoms with Crippen molar-refractivity contribution in [1.29, 1.82) is 0 Å². The second kappa shape index (κ2) is 7.05. The van der Waals surface area contributed by atoms with E-state index < -0.39 is 0 Å². The minimum absolute atomic E-state index is 0.113. The fourth-order valence-electron chi connectivity index (χ4n) is 3.08. The summed E-state index contributed by atoms with van der Waals surface area (Å²) in [4.78, 5) is 18.4. The van der Waals surface area contributed by atoms with Crippen LogP contribution in [0.4, 0.5) is 5.69 Å². The second-order valence-corrected chi connectivity index (χ2v) is 7.14. The van der Waals surface area contributed by atoms with Crippen molar-refractivity contribution in [3.05, 3.63) is 33.9 Å². The highest BCUT2D eigenvalue weighted by Gasteiger charge is 2.22. The van der Waals surface area contributed by atoms with Crippen LogP contribution in [0.25, 0.3) is 10.9 Å². The number of carbonyl (C=O) groups is 1. The van der Waals surface area contributed by atoms with Crippen molar-refractivity contribution < 1.29 is 4.79 Å². The van der Waals surface area contributed by atoms with Crippen molar-refractivity contribution in [2.75, 3.05) is 18.0 Å². The summed E-state index contributed by atoms with van der Waals surface area (Å²) in [6.45, 7) is 3.67. The molecule has 23 heavy (non-hydrogen) atoms. The van der Waals surface area contributed by atoms with Crippen LogP contribution in [0.15, 0.2) is 28.9 Å². The van der Waals surface area contributed by atoms with Gasteiger partial charge < -0.3 is 10.2 Å². The van der Waals surface area contributed by atoms with Gasteiger partial charge in [-0.1, -0.05) is 34.5 Å². The predicted octanol–water partition coefficient (Wildman–Crippen LogP) is 4.15. The maximum Gasteiger partial charge on any atom is 0.219 e. The van der Waals surface area contributed by atoms with Crippen molar-refractivity contribution in [3.63, 3.8) is 0 Å². The average Bonchev–Trinajstić information content (AvgIpc) is 2.54. The first-order chi connectivity index (χ1) is 11.1. The van der Waals surface area contributed by atoms with E-state index in [1.165, 1.54) is 0 Å². The van der Waals surface area contributed by atoms with Gasteiger partial charge in [0.1, 0.15) is 0 Å². The molecule has 122 valence electrons. The number of benzene rings is 1. The molecule has 1 atom stereocenters. The van der Waals surface area contributed by atoms with Crippen LogP contribution in [0.3, 0.4) is 0 Å². The Balaban J connectivity index is 1.92. The van der Waals surface area contributed by atoms with E-state index in [-0.39, 0.29) is 11.9 Å². The van der Waals surface area contributed by atoms with Crippen molar-refractivity contribution in [1.82, 2.24) is 10.3 Å². The van der Waals surface area contributed by atoms with Crippen molar-refractivity contribution in [2.24, 2.45) is 0 Å². The largest absolute Gasteiger partial charge is 0.369 e. The molecule has 1 aliphatic rings. The van der Waals surface area contributed by atoms with Gasteiger partial charge in [0.2, 0.25) is 5.91 Å². The van der Waals surface area contributed by atoms with Gasteiger partial charge in [-0.05, 0) is 31.0 Å². The summed E-state index contributed by atoms with van der Waals surface area (Å²) in [6, 6.07) is 6.13. The second-order valence-electron chi connectivity index (χ2n) is 5.82. The summed E-state index contributed by atoms with van der Waals surface area (Å²) in [5, 5.41) is 4.79. The lowest BCUT2D eigenvalue weighted by atomic mass is 10.0. The number of aromatic nitrogens is 1. The van der Waals surface area contributed by atoms with Gasteiger partial charge >= 0.3 is 0 Å². The molecule has 1 fully saturated rings. The molecule has 3 rings (SSSR count). The van der Waals surface area contributed by atoms with Crippen molar-refractivity contribution in [2.45, 2.75) is 32.2 Å². The van der Waals surface area contributed by atoms with Crippen LogP contribution in [-0.4, -0.2) is 30.0 Å². The Hall–Kier alpha value is -1.33. The first-order valence-corrected chi connectivity index (χ1v) is 9.03. The molecule has 2 aromatic rings. The van der Waals surface area contributed by atoms with Crippen LogP contribution < -0.4 is 10.2 Å².